The van der Waals surface area contributed by atoms with Crippen LogP contribution in [0.1, 0.15) is 24.2 Å². The highest BCUT2D eigenvalue weighted by molar-refractivity contribution is 6.05. The van der Waals surface area contributed by atoms with E-state index in [1.165, 1.54) is 26.4 Å². The molecular weight excluding hydrogens is 414 g/mol. The Hall–Kier alpha value is -3.46. The molecule has 9 nitrogen and oxygen atoms in total. The van der Waals surface area contributed by atoms with Gasteiger partial charge in [0.05, 0.1) is 26.4 Å². The molecule has 3 rings (SSSR count). The number of hydrogen-bond acceptors (Lipinski definition) is 7. The summed E-state index contributed by atoms with van der Waals surface area (Å²) in [6, 6.07) is 10.7. The molecule has 0 radical (unpaired) electrons. The second kappa shape index (κ2) is 10.2. The molecule has 1 aliphatic rings. The number of carbonyl (C=O) groups is 2. The van der Waals surface area contributed by atoms with Gasteiger partial charge in [0.1, 0.15) is 0 Å². The van der Waals surface area contributed by atoms with E-state index in [9.17, 15) is 9.59 Å². The van der Waals surface area contributed by atoms with E-state index in [-0.39, 0.29) is 42.0 Å². The first kappa shape index (κ1) is 23.2. The zero-order valence-electron chi connectivity index (χ0n) is 18.7. The Morgan fingerprint density at radius 1 is 1.06 bits per heavy atom. The van der Waals surface area contributed by atoms with Gasteiger partial charge in [-0.2, -0.15) is 0 Å². The highest BCUT2D eigenvalue weighted by Gasteiger charge is 2.22. The van der Waals surface area contributed by atoms with Crippen molar-refractivity contribution < 1.29 is 28.5 Å². The summed E-state index contributed by atoms with van der Waals surface area (Å²) >= 11 is 0. The summed E-state index contributed by atoms with van der Waals surface area (Å²) in [6.07, 6.45) is 0.330. The van der Waals surface area contributed by atoms with Gasteiger partial charge in [-0.25, -0.2) is 0 Å². The molecule has 172 valence electrons. The van der Waals surface area contributed by atoms with Gasteiger partial charge in [-0.05, 0) is 50.2 Å². The lowest BCUT2D eigenvalue weighted by Crippen LogP contribution is -2.45. The molecule has 0 aliphatic carbocycles. The van der Waals surface area contributed by atoms with Crippen LogP contribution in [0.2, 0.25) is 0 Å². The van der Waals surface area contributed by atoms with Crippen LogP contribution in [-0.2, 0) is 9.53 Å². The summed E-state index contributed by atoms with van der Waals surface area (Å²) in [5.74, 6) is -0.281. The number of benzene rings is 2. The smallest absolute Gasteiger partial charge is 0.255 e. The van der Waals surface area contributed by atoms with Crippen LogP contribution < -0.4 is 30.2 Å². The van der Waals surface area contributed by atoms with Gasteiger partial charge < -0.3 is 34.9 Å². The minimum atomic E-state index is -0.639. The van der Waals surface area contributed by atoms with Crippen molar-refractivity contribution in [3.8, 4) is 17.2 Å². The standard InChI is InChI=1S/C23H29N3O6/c1-14-11-26(12-15(2)32-14)18-7-5-17(6-8-18)25-23(28)16-9-19(29-3)22(20(10-16)30-4)31-13-21(24)27/h5-10,14-15H,11-13H2,1-4H3,(H2,24,27)(H,25,28). The quantitative estimate of drug-likeness (QED) is 0.644. The minimum absolute atomic E-state index is 0.165. The van der Waals surface area contributed by atoms with E-state index in [0.717, 1.165) is 18.8 Å². The SMILES string of the molecule is COc1cc(C(=O)Nc2ccc(N3CC(C)OC(C)C3)cc2)cc(OC)c1OCC(N)=O. The van der Waals surface area contributed by atoms with Crippen molar-refractivity contribution in [1.82, 2.24) is 0 Å². The van der Waals surface area contributed by atoms with Gasteiger partial charge >= 0.3 is 0 Å². The number of morpholine rings is 1. The average Bonchev–Trinajstić information content (AvgIpc) is 2.76. The van der Waals surface area contributed by atoms with Gasteiger partial charge in [0.15, 0.2) is 18.1 Å². The maximum atomic E-state index is 12.8. The fraction of sp³-hybridized carbons (Fsp3) is 0.391. The number of hydrogen-bond donors (Lipinski definition) is 2. The van der Waals surface area contributed by atoms with Gasteiger partial charge in [0.25, 0.3) is 11.8 Å². The molecule has 1 heterocycles. The lowest BCUT2D eigenvalue weighted by molar-refractivity contribution is -0.120. The Morgan fingerprint density at radius 2 is 1.62 bits per heavy atom. The van der Waals surface area contributed by atoms with Crippen molar-refractivity contribution in [3.63, 3.8) is 0 Å². The van der Waals surface area contributed by atoms with E-state index in [1.807, 2.05) is 24.3 Å². The monoisotopic (exact) mass is 443 g/mol. The molecule has 2 atom stereocenters. The first-order valence-corrected chi connectivity index (χ1v) is 10.3. The van der Waals surface area contributed by atoms with Crippen LogP contribution in [0.4, 0.5) is 11.4 Å². The Bertz CT molecular complexity index is 928. The summed E-state index contributed by atoms with van der Waals surface area (Å²) in [6.45, 7) is 5.42. The number of amides is 2. The number of rotatable bonds is 8. The van der Waals surface area contributed by atoms with Crippen LogP contribution >= 0.6 is 0 Å². The van der Waals surface area contributed by atoms with Crippen molar-refractivity contribution in [2.24, 2.45) is 5.73 Å². The lowest BCUT2D eigenvalue weighted by atomic mass is 10.1. The summed E-state index contributed by atoms with van der Waals surface area (Å²) in [5.41, 5.74) is 7.18. The molecule has 2 unspecified atom stereocenters. The summed E-state index contributed by atoms with van der Waals surface area (Å²) < 4.78 is 21.8. The first-order valence-electron chi connectivity index (χ1n) is 10.3. The van der Waals surface area contributed by atoms with Crippen molar-refractivity contribution in [2.45, 2.75) is 26.1 Å². The molecule has 2 aromatic carbocycles. The highest BCUT2D eigenvalue weighted by atomic mass is 16.5. The fourth-order valence-electron chi connectivity index (χ4n) is 3.64. The number of nitrogens with two attached hydrogens (primary N) is 1. The van der Waals surface area contributed by atoms with Gasteiger partial charge in [-0.1, -0.05) is 0 Å². The normalized spacial score (nSPS) is 18.1. The number of ether oxygens (including phenoxy) is 4. The van der Waals surface area contributed by atoms with Crippen LogP contribution in [-0.4, -0.2) is 57.9 Å². The van der Waals surface area contributed by atoms with Crippen LogP contribution in [0.15, 0.2) is 36.4 Å². The summed E-state index contributed by atoms with van der Waals surface area (Å²) in [4.78, 5) is 26.2. The zero-order valence-corrected chi connectivity index (χ0v) is 18.7. The lowest BCUT2D eigenvalue weighted by Gasteiger charge is -2.36. The molecule has 2 aromatic rings. The molecule has 2 amide bonds. The number of anilines is 2. The largest absolute Gasteiger partial charge is 0.493 e. The Morgan fingerprint density at radius 3 is 2.12 bits per heavy atom. The predicted octanol–water partition coefficient (Wildman–Crippen LogP) is 2.43. The average molecular weight is 444 g/mol. The second-order valence-corrected chi connectivity index (χ2v) is 7.63. The molecule has 1 fully saturated rings. The van der Waals surface area contributed by atoms with E-state index < -0.39 is 5.91 Å². The Balaban J connectivity index is 1.74. The third-order valence-corrected chi connectivity index (χ3v) is 4.99. The molecule has 0 saturated carbocycles. The molecule has 9 heteroatoms. The van der Waals surface area contributed by atoms with Crippen LogP contribution in [0.25, 0.3) is 0 Å². The molecule has 0 bridgehead atoms. The summed E-state index contributed by atoms with van der Waals surface area (Å²) in [7, 11) is 2.86. The van der Waals surface area contributed by atoms with Gasteiger partial charge in [-0.15, -0.1) is 0 Å². The number of nitrogens with one attached hydrogen (secondary N) is 1. The van der Waals surface area contributed by atoms with Crippen LogP contribution in [0.5, 0.6) is 17.2 Å². The number of methoxy groups -OCH3 is 2. The fourth-order valence-corrected chi connectivity index (χ4v) is 3.64. The van der Waals surface area contributed by atoms with E-state index in [1.54, 1.807) is 0 Å². The maximum absolute atomic E-state index is 12.8. The van der Waals surface area contributed by atoms with Gasteiger partial charge in [-0.3, -0.25) is 9.59 Å². The van der Waals surface area contributed by atoms with Gasteiger partial charge in [0, 0.05) is 30.0 Å². The number of nitrogens with zero attached hydrogens (tertiary/aromatic N) is 1. The second-order valence-electron chi connectivity index (χ2n) is 7.63. The summed E-state index contributed by atoms with van der Waals surface area (Å²) in [5, 5.41) is 2.87. The van der Waals surface area contributed by atoms with E-state index in [2.05, 4.69) is 24.1 Å². The van der Waals surface area contributed by atoms with Crippen molar-refractivity contribution >= 4 is 23.2 Å². The number of carbonyl (C=O) groups excluding carboxylic acids is 2. The van der Waals surface area contributed by atoms with Crippen molar-refractivity contribution in [3.05, 3.63) is 42.0 Å². The molecule has 1 aliphatic heterocycles. The zero-order chi connectivity index (χ0) is 23.3. The van der Waals surface area contributed by atoms with E-state index in [0.29, 0.717) is 11.3 Å². The topological polar surface area (TPSA) is 112 Å². The van der Waals surface area contributed by atoms with Crippen molar-refractivity contribution in [2.75, 3.05) is 44.1 Å². The van der Waals surface area contributed by atoms with Crippen LogP contribution in [0.3, 0.4) is 0 Å². The van der Waals surface area contributed by atoms with E-state index in [4.69, 9.17) is 24.7 Å². The first-order chi connectivity index (χ1) is 15.3. The molecular formula is C23H29N3O6. The van der Waals surface area contributed by atoms with Gasteiger partial charge in [0.2, 0.25) is 5.75 Å². The Kier molecular flexibility index (Phi) is 7.42. The third kappa shape index (κ3) is 5.61. The molecule has 0 aromatic heterocycles. The molecule has 0 spiro atoms. The predicted molar refractivity (Wildman–Crippen MR) is 121 cm³/mol. The number of primary amides is 1. The Labute approximate surface area is 187 Å². The molecule has 32 heavy (non-hydrogen) atoms. The molecule has 1 saturated heterocycles. The third-order valence-electron chi connectivity index (χ3n) is 4.99. The van der Waals surface area contributed by atoms with Crippen LogP contribution in [0, 0.1) is 0 Å². The van der Waals surface area contributed by atoms with E-state index >= 15 is 0 Å². The minimum Gasteiger partial charge on any atom is -0.493 e. The highest BCUT2D eigenvalue weighted by Crippen LogP contribution is 2.38. The maximum Gasteiger partial charge on any atom is 0.255 e. The van der Waals surface area contributed by atoms with Crippen molar-refractivity contribution in [1.29, 1.82) is 0 Å². The molecule has 3 N–H and O–H groups in total.